The van der Waals surface area contributed by atoms with Crippen LogP contribution in [0, 0.1) is 0 Å². The van der Waals surface area contributed by atoms with Crippen molar-refractivity contribution in [1.82, 2.24) is 0 Å². The third kappa shape index (κ3) is 3.04. The van der Waals surface area contributed by atoms with Crippen LogP contribution < -0.4 is 16.5 Å². The van der Waals surface area contributed by atoms with Gasteiger partial charge in [0.2, 0.25) is 0 Å². The molecular formula is C21H13Cl2N2O5+. The van der Waals surface area contributed by atoms with Gasteiger partial charge in [-0.2, -0.15) is 0 Å². The maximum Gasteiger partial charge on any atom is 0.337 e. The van der Waals surface area contributed by atoms with Crippen LogP contribution >= 0.6 is 23.2 Å². The number of nitrogen functional groups attached to an aromatic ring is 1. The third-order valence-corrected chi connectivity index (χ3v) is 5.37. The Bertz CT molecular complexity index is 1410. The van der Waals surface area contributed by atoms with E-state index in [9.17, 15) is 19.8 Å². The summed E-state index contributed by atoms with van der Waals surface area (Å²) in [5.74, 6) is -2.45. The van der Waals surface area contributed by atoms with Gasteiger partial charge in [-0.1, -0.05) is 23.2 Å². The number of hydrogen-bond acceptors (Lipinski definition) is 4. The van der Waals surface area contributed by atoms with Crippen LogP contribution in [0.15, 0.2) is 46.9 Å². The summed E-state index contributed by atoms with van der Waals surface area (Å²) >= 11 is 12.6. The molecule has 6 N–H and O–H groups in total. The lowest BCUT2D eigenvalue weighted by Gasteiger charge is -2.19. The van der Waals surface area contributed by atoms with Crippen LogP contribution in [0.1, 0.15) is 20.7 Å². The molecular weight excluding hydrogens is 431 g/mol. The first-order valence-electron chi connectivity index (χ1n) is 8.52. The average Bonchev–Trinajstić information content (AvgIpc) is 2.66. The van der Waals surface area contributed by atoms with Crippen molar-refractivity contribution in [3.8, 4) is 22.5 Å². The van der Waals surface area contributed by atoms with Crippen LogP contribution in [0.25, 0.3) is 33.4 Å². The fourth-order valence-corrected chi connectivity index (χ4v) is 4.03. The zero-order valence-electron chi connectivity index (χ0n) is 15.1. The van der Waals surface area contributed by atoms with Gasteiger partial charge in [0.15, 0.2) is 5.36 Å². The number of carboxylic acids is 2. The minimum Gasteiger partial charge on any atom is -0.478 e. The van der Waals surface area contributed by atoms with Crippen molar-refractivity contribution < 1.29 is 29.6 Å². The molecule has 0 unspecified atom stereocenters. The van der Waals surface area contributed by atoms with E-state index in [1.165, 1.54) is 0 Å². The molecule has 0 fully saturated rings. The highest BCUT2D eigenvalue weighted by Crippen LogP contribution is 2.46. The van der Waals surface area contributed by atoms with Gasteiger partial charge in [-0.25, -0.2) is 9.59 Å². The van der Waals surface area contributed by atoms with Gasteiger partial charge in [0.1, 0.15) is 11.3 Å². The van der Waals surface area contributed by atoms with Crippen molar-refractivity contribution in [1.29, 1.82) is 0 Å². The second-order valence-electron chi connectivity index (χ2n) is 6.57. The van der Waals surface area contributed by atoms with E-state index in [0.717, 1.165) is 6.07 Å². The molecule has 7 nitrogen and oxygen atoms in total. The number of carboxylic acid groups (broad SMARTS) is 2. The van der Waals surface area contributed by atoms with Crippen LogP contribution in [-0.2, 0) is 0 Å². The molecule has 0 spiro atoms. The Hall–Kier alpha value is -3.55. The van der Waals surface area contributed by atoms with Gasteiger partial charge < -0.3 is 20.4 Å². The number of rotatable bonds is 3. The van der Waals surface area contributed by atoms with E-state index in [4.69, 9.17) is 38.8 Å². The maximum atomic E-state index is 12.1. The predicted octanol–water partition coefficient (Wildman–Crippen LogP) is 3.15. The number of nitrogens with two attached hydrogens (primary N) is 2. The lowest BCUT2D eigenvalue weighted by molar-refractivity contribution is -0.172. The van der Waals surface area contributed by atoms with Crippen molar-refractivity contribution in [2.45, 2.75) is 0 Å². The second kappa shape index (κ2) is 7.05. The van der Waals surface area contributed by atoms with E-state index < -0.39 is 28.1 Å². The molecule has 4 rings (SSSR count). The molecule has 9 heteroatoms. The van der Waals surface area contributed by atoms with Crippen molar-refractivity contribution in [2.24, 2.45) is 0 Å². The van der Waals surface area contributed by atoms with E-state index in [0.29, 0.717) is 38.9 Å². The molecule has 2 aromatic carbocycles. The van der Waals surface area contributed by atoms with E-state index in [1.54, 1.807) is 36.4 Å². The summed E-state index contributed by atoms with van der Waals surface area (Å²) < 4.78 is 5.92. The number of anilines is 1. The number of fused-ring (bicyclic) bond motifs is 2. The number of halogens is 2. The SMILES string of the molecule is Nc1ccc2c(-c3c(Cl)cc(C(=O)O)c(Cl)c3C(=O)O)c3ccc(=[NH2+])cc-3oc2c1. The molecule has 0 bridgehead atoms. The summed E-state index contributed by atoms with van der Waals surface area (Å²) in [6, 6.07) is 10.9. The zero-order chi connectivity index (χ0) is 21.7. The van der Waals surface area contributed by atoms with Crippen LogP contribution in [0.5, 0.6) is 0 Å². The Morgan fingerprint density at radius 3 is 2.37 bits per heavy atom. The quantitative estimate of drug-likeness (QED) is 0.283. The van der Waals surface area contributed by atoms with E-state index in [2.05, 4.69) is 0 Å². The zero-order valence-corrected chi connectivity index (χ0v) is 16.6. The highest BCUT2D eigenvalue weighted by Gasteiger charge is 2.29. The van der Waals surface area contributed by atoms with Gasteiger partial charge in [0, 0.05) is 39.9 Å². The van der Waals surface area contributed by atoms with Crippen molar-refractivity contribution >= 4 is 51.8 Å². The standard InChI is InChI=1S/C21H12Cl2N2O5/c22-13-7-12(20(26)27)19(23)18(21(28)29)17(13)16-10-3-1-8(24)5-14(10)30-15-6-9(25)2-4-11(15)16/h1-7,24H,25H2,(H,26,27)(H,28,29)/p+1. The lowest BCUT2D eigenvalue weighted by atomic mass is 9.89. The average molecular weight is 444 g/mol. The van der Waals surface area contributed by atoms with Crippen LogP contribution in [0.3, 0.4) is 0 Å². The lowest BCUT2D eigenvalue weighted by Crippen LogP contribution is -2.44. The minimum atomic E-state index is -1.42. The van der Waals surface area contributed by atoms with Crippen molar-refractivity contribution in [3.05, 3.63) is 69.0 Å². The topological polar surface area (TPSA) is 139 Å². The minimum absolute atomic E-state index is 0.0690. The Morgan fingerprint density at radius 1 is 0.967 bits per heavy atom. The van der Waals surface area contributed by atoms with Crippen LogP contribution in [-0.4, -0.2) is 22.2 Å². The molecule has 2 aromatic rings. The van der Waals surface area contributed by atoms with Crippen molar-refractivity contribution in [3.63, 3.8) is 0 Å². The fraction of sp³-hybridized carbons (Fsp3) is 0. The number of hydrogen-bond donors (Lipinski definition) is 4. The molecule has 1 aliphatic heterocycles. The normalized spacial score (nSPS) is 11.1. The number of aromatic carboxylic acids is 2. The van der Waals surface area contributed by atoms with Gasteiger partial charge >= 0.3 is 11.9 Å². The van der Waals surface area contributed by atoms with E-state index in [-0.39, 0.29) is 10.6 Å². The first-order chi connectivity index (χ1) is 14.2. The fourth-order valence-electron chi connectivity index (χ4n) is 3.42. The molecule has 30 heavy (non-hydrogen) atoms. The summed E-state index contributed by atoms with van der Waals surface area (Å²) in [5, 5.41) is 25.6. The van der Waals surface area contributed by atoms with Gasteiger partial charge in [0.25, 0.3) is 0 Å². The molecule has 150 valence electrons. The summed E-state index contributed by atoms with van der Waals surface area (Å²) in [7, 11) is 0. The highest BCUT2D eigenvalue weighted by atomic mass is 35.5. The Morgan fingerprint density at radius 2 is 1.70 bits per heavy atom. The van der Waals surface area contributed by atoms with E-state index in [1.807, 2.05) is 0 Å². The highest BCUT2D eigenvalue weighted by molar-refractivity contribution is 6.41. The monoisotopic (exact) mass is 443 g/mol. The summed E-state index contributed by atoms with van der Waals surface area (Å²) in [6.07, 6.45) is 0. The van der Waals surface area contributed by atoms with Gasteiger partial charge in [-0.15, -0.1) is 0 Å². The Balaban J connectivity index is 2.27. The summed E-state index contributed by atoms with van der Waals surface area (Å²) in [6.45, 7) is 0. The molecule has 0 amide bonds. The Kier molecular flexibility index (Phi) is 4.64. The third-order valence-electron chi connectivity index (χ3n) is 4.68. The molecule has 1 aliphatic carbocycles. The van der Waals surface area contributed by atoms with Crippen molar-refractivity contribution in [2.75, 3.05) is 5.73 Å². The molecule has 2 aliphatic rings. The molecule has 0 saturated heterocycles. The largest absolute Gasteiger partial charge is 0.478 e. The van der Waals surface area contributed by atoms with Crippen LogP contribution in [0.4, 0.5) is 5.69 Å². The van der Waals surface area contributed by atoms with E-state index >= 15 is 0 Å². The molecule has 0 atom stereocenters. The smallest absolute Gasteiger partial charge is 0.337 e. The molecule has 0 saturated carbocycles. The maximum absolute atomic E-state index is 12.1. The molecule has 0 aromatic heterocycles. The number of benzene rings is 3. The predicted molar refractivity (Wildman–Crippen MR) is 112 cm³/mol. The summed E-state index contributed by atoms with van der Waals surface area (Å²) in [5.41, 5.74) is 6.84. The molecule has 0 radical (unpaired) electrons. The first kappa shape index (κ1) is 19.8. The van der Waals surface area contributed by atoms with Gasteiger partial charge in [-0.3, -0.25) is 5.41 Å². The second-order valence-corrected chi connectivity index (χ2v) is 7.35. The first-order valence-corrected chi connectivity index (χ1v) is 9.28. The molecule has 1 heterocycles. The van der Waals surface area contributed by atoms with Gasteiger partial charge in [0.05, 0.1) is 27.2 Å². The van der Waals surface area contributed by atoms with Crippen LogP contribution in [0.2, 0.25) is 10.0 Å². The Labute approximate surface area is 178 Å². The number of carbonyl (C=O) groups is 2. The van der Waals surface area contributed by atoms with Gasteiger partial charge in [-0.05, 0) is 24.3 Å². The summed E-state index contributed by atoms with van der Waals surface area (Å²) in [4.78, 5) is 23.6.